The molecule has 1 aromatic rings. The Bertz CT molecular complexity index is 241. The average Bonchev–Trinajstić information content (AvgIpc) is 2.15. The highest BCUT2D eigenvalue weighted by molar-refractivity contribution is 5.74. The molecule has 0 amide bonds. The summed E-state index contributed by atoms with van der Waals surface area (Å²) in [6, 6.07) is 7.61. The lowest BCUT2D eigenvalue weighted by Crippen LogP contribution is -2.00. The Balaban J connectivity index is 2.58. The molecule has 0 saturated carbocycles. The molecule has 2 heteroatoms. The first-order valence-electron chi connectivity index (χ1n) is 4.11. The zero-order valence-electron chi connectivity index (χ0n) is 6.99. The standard InChI is InChI=1S/C10H13NO/c11-7-1-2-9-3-5-10(8-12)6-4-9/h3-6,8H,1-2,7,11H2. The van der Waals surface area contributed by atoms with Crippen LogP contribution in [0.1, 0.15) is 22.3 Å². The van der Waals surface area contributed by atoms with Crippen LogP contribution in [0.4, 0.5) is 0 Å². The molecule has 0 spiro atoms. The molecule has 1 rings (SSSR count). The van der Waals surface area contributed by atoms with Gasteiger partial charge in [-0.05, 0) is 24.9 Å². The van der Waals surface area contributed by atoms with Gasteiger partial charge in [-0.25, -0.2) is 0 Å². The zero-order valence-corrected chi connectivity index (χ0v) is 6.99. The lowest BCUT2D eigenvalue weighted by molar-refractivity contribution is 0.112. The minimum absolute atomic E-state index is 0.718. The van der Waals surface area contributed by atoms with Gasteiger partial charge in [-0.1, -0.05) is 24.3 Å². The maximum absolute atomic E-state index is 10.3. The Labute approximate surface area is 72.4 Å². The summed E-state index contributed by atoms with van der Waals surface area (Å²) in [7, 11) is 0. The number of hydrogen-bond donors (Lipinski definition) is 1. The molecule has 0 aromatic heterocycles. The molecule has 12 heavy (non-hydrogen) atoms. The van der Waals surface area contributed by atoms with E-state index in [0.29, 0.717) is 0 Å². The fraction of sp³-hybridized carbons (Fsp3) is 0.300. The van der Waals surface area contributed by atoms with Crippen molar-refractivity contribution in [3.05, 3.63) is 35.4 Å². The van der Waals surface area contributed by atoms with E-state index in [1.54, 1.807) is 0 Å². The molecular weight excluding hydrogens is 150 g/mol. The van der Waals surface area contributed by atoms with Gasteiger partial charge in [0.2, 0.25) is 0 Å². The normalized spacial score (nSPS) is 9.75. The minimum Gasteiger partial charge on any atom is -0.330 e. The molecule has 0 heterocycles. The van der Waals surface area contributed by atoms with E-state index >= 15 is 0 Å². The summed E-state index contributed by atoms with van der Waals surface area (Å²) in [5.74, 6) is 0. The van der Waals surface area contributed by atoms with Crippen molar-refractivity contribution in [2.45, 2.75) is 12.8 Å². The lowest BCUT2D eigenvalue weighted by Gasteiger charge is -1.98. The number of rotatable bonds is 4. The van der Waals surface area contributed by atoms with Crippen LogP contribution in [0.25, 0.3) is 0 Å². The predicted molar refractivity (Wildman–Crippen MR) is 49.2 cm³/mol. The monoisotopic (exact) mass is 163 g/mol. The molecule has 1 aromatic carbocycles. The molecule has 0 aliphatic carbocycles. The number of nitrogens with two attached hydrogens (primary N) is 1. The van der Waals surface area contributed by atoms with Crippen LogP contribution in [0, 0.1) is 0 Å². The molecule has 2 nitrogen and oxygen atoms in total. The van der Waals surface area contributed by atoms with E-state index in [2.05, 4.69) is 0 Å². The Hall–Kier alpha value is -1.15. The average molecular weight is 163 g/mol. The molecular formula is C10H13NO. The van der Waals surface area contributed by atoms with Crippen molar-refractivity contribution in [3.63, 3.8) is 0 Å². The van der Waals surface area contributed by atoms with Crippen LogP contribution in [0.5, 0.6) is 0 Å². The first-order chi connectivity index (χ1) is 5.86. The quantitative estimate of drug-likeness (QED) is 0.681. The highest BCUT2D eigenvalue weighted by Gasteiger charge is 1.92. The van der Waals surface area contributed by atoms with Crippen LogP contribution >= 0.6 is 0 Å². The second-order valence-corrected chi connectivity index (χ2v) is 2.75. The second-order valence-electron chi connectivity index (χ2n) is 2.75. The van der Waals surface area contributed by atoms with Crippen LogP contribution < -0.4 is 5.73 Å². The largest absolute Gasteiger partial charge is 0.330 e. The Morgan fingerprint density at radius 1 is 1.25 bits per heavy atom. The Morgan fingerprint density at radius 2 is 1.92 bits per heavy atom. The van der Waals surface area contributed by atoms with Gasteiger partial charge in [0.15, 0.2) is 0 Å². The van der Waals surface area contributed by atoms with Crippen LogP contribution in [-0.4, -0.2) is 12.8 Å². The summed E-state index contributed by atoms with van der Waals surface area (Å²) in [5.41, 5.74) is 7.35. The van der Waals surface area contributed by atoms with Crippen molar-refractivity contribution >= 4 is 6.29 Å². The molecule has 64 valence electrons. The van der Waals surface area contributed by atoms with Gasteiger partial charge < -0.3 is 5.73 Å². The smallest absolute Gasteiger partial charge is 0.150 e. The van der Waals surface area contributed by atoms with E-state index in [1.807, 2.05) is 24.3 Å². The van der Waals surface area contributed by atoms with E-state index in [-0.39, 0.29) is 0 Å². The number of hydrogen-bond acceptors (Lipinski definition) is 2. The molecule has 0 fully saturated rings. The predicted octanol–water partition coefficient (Wildman–Crippen LogP) is 1.39. The van der Waals surface area contributed by atoms with Crippen molar-refractivity contribution in [1.29, 1.82) is 0 Å². The van der Waals surface area contributed by atoms with Crippen molar-refractivity contribution in [1.82, 2.24) is 0 Å². The van der Waals surface area contributed by atoms with Crippen LogP contribution in [-0.2, 0) is 6.42 Å². The van der Waals surface area contributed by atoms with Crippen molar-refractivity contribution in [2.24, 2.45) is 5.73 Å². The number of carbonyl (C=O) groups excluding carboxylic acids is 1. The van der Waals surface area contributed by atoms with E-state index < -0.39 is 0 Å². The molecule has 2 N–H and O–H groups in total. The van der Waals surface area contributed by atoms with Crippen LogP contribution in [0.2, 0.25) is 0 Å². The molecule has 0 bridgehead atoms. The first kappa shape index (κ1) is 8.94. The van der Waals surface area contributed by atoms with Crippen molar-refractivity contribution in [3.8, 4) is 0 Å². The lowest BCUT2D eigenvalue weighted by atomic mass is 10.1. The highest BCUT2D eigenvalue weighted by Crippen LogP contribution is 2.04. The van der Waals surface area contributed by atoms with Crippen molar-refractivity contribution < 1.29 is 4.79 Å². The summed E-state index contributed by atoms with van der Waals surface area (Å²) in [6.45, 7) is 0.718. The van der Waals surface area contributed by atoms with Crippen molar-refractivity contribution in [2.75, 3.05) is 6.54 Å². The zero-order chi connectivity index (χ0) is 8.81. The van der Waals surface area contributed by atoms with E-state index in [4.69, 9.17) is 5.73 Å². The number of aryl methyl sites for hydroxylation is 1. The maximum atomic E-state index is 10.3. The Kier molecular flexibility index (Phi) is 3.48. The molecule has 0 aliphatic rings. The SMILES string of the molecule is NCCCc1ccc(C=O)cc1. The summed E-state index contributed by atoms with van der Waals surface area (Å²) in [6.07, 6.45) is 2.85. The molecule has 0 atom stereocenters. The Morgan fingerprint density at radius 3 is 2.42 bits per heavy atom. The summed E-state index contributed by atoms with van der Waals surface area (Å²) < 4.78 is 0. The first-order valence-corrected chi connectivity index (χ1v) is 4.11. The van der Waals surface area contributed by atoms with Gasteiger partial charge in [-0.15, -0.1) is 0 Å². The van der Waals surface area contributed by atoms with Gasteiger partial charge in [0.25, 0.3) is 0 Å². The van der Waals surface area contributed by atoms with Crippen LogP contribution in [0.15, 0.2) is 24.3 Å². The third-order valence-electron chi connectivity index (χ3n) is 1.79. The summed E-state index contributed by atoms with van der Waals surface area (Å²) >= 11 is 0. The second kappa shape index (κ2) is 4.67. The molecule has 0 aliphatic heterocycles. The third-order valence-corrected chi connectivity index (χ3v) is 1.79. The minimum atomic E-state index is 0.718. The van der Waals surface area contributed by atoms with E-state index in [9.17, 15) is 4.79 Å². The topological polar surface area (TPSA) is 43.1 Å². The fourth-order valence-electron chi connectivity index (χ4n) is 1.07. The maximum Gasteiger partial charge on any atom is 0.150 e. The van der Waals surface area contributed by atoms with E-state index in [0.717, 1.165) is 31.2 Å². The molecule has 0 unspecified atom stereocenters. The molecule has 0 saturated heterocycles. The number of benzene rings is 1. The third kappa shape index (κ3) is 2.47. The van der Waals surface area contributed by atoms with Gasteiger partial charge in [0, 0.05) is 5.56 Å². The van der Waals surface area contributed by atoms with Gasteiger partial charge in [0.05, 0.1) is 0 Å². The van der Waals surface area contributed by atoms with Gasteiger partial charge >= 0.3 is 0 Å². The number of carbonyl (C=O) groups is 1. The van der Waals surface area contributed by atoms with E-state index in [1.165, 1.54) is 5.56 Å². The fourth-order valence-corrected chi connectivity index (χ4v) is 1.07. The van der Waals surface area contributed by atoms with Gasteiger partial charge in [-0.2, -0.15) is 0 Å². The van der Waals surface area contributed by atoms with Crippen LogP contribution in [0.3, 0.4) is 0 Å². The highest BCUT2D eigenvalue weighted by atomic mass is 16.1. The summed E-state index contributed by atoms with van der Waals surface area (Å²) in [5, 5.41) is 0. The number of aldehydes is 1. The van der Waals surface area contributed by atoms with Gasteiger partial charge in [-0.3, -0.25) is 4.79 Å². The summed E-state index contributed by atoms with van der Waals surface area (Å²) in [4.78, 5) is 10.3. The van der Waals surface area contributed by atoms with Gasteiger partial charge in [0.1, 0.15) is 6.29 Å². The molecule has 0 radical (unpaired) electrons.